The molecule has 0 bridgehead atoms. The average molecular weight is 219 g/mol. The van der Waals surface area contributed by atoms with Crippen molar-refractivity contribution in [2.45, 2.75) is 38.6 Å². The van der Waals surface area contributed by atoms with E-state index in [1.165, 1.54) is 50.8 Å². The van der Waals surface area contributed by atoms with Crippen LogP contribution in [0.3, 0.4) is 0 Å². The molecule has 16 heavy (non-hydrogen) atoms. The van der Waals surface area contributed by atoms with Crippen LogP contribution in [-0.4, -0.2) is 23.0 Å². The molecule has 2 rings (SSSR count). The highest BCUT2D eigenvalue weighted by Crippen LogP contribution is 2.15. The molecule has 88 valence electrons. The monoisotopic (exact) mass is 219 g/mol. The Labute approximate surface area is 97.7 Å². The molecule has 3 nitrogen and oxygen atoms in total. The van der Waals surface area contributed by atoms with E-state index in [2.05, 4.69) is 16.0 Å². The summed E-state index contributed by atoms with van der Waals surface area (Å²) in [6.07, 6.45) is 8.55. The maximum absolute atomic E-state index is 5.87. The predicted molar refractivity (Wildman–Crippen MR) is 67.0 cm³/mol. The highest BCUT2D eigenvalue weighted by atomic mass is 15.1. The van der Waals surface area contributed by atoms with Crippen LogP contribution in [0.5, 0.6) is 0 Å². The van der Waals surface area contributed by atoms with Crippen LogP contribution in [0.25, 0.3) is 0 Å². The first-order chi connectivity index (χ1) is 7.86. The number of likely N-dealkylation sites (tertiary alicyclic amines) is 1. The van der Waals surface area contributed by atoms with Crippen molar-refractivity contribution in [2.24, 2.45) is 0 Å². The van der Waals surface area contributed by atoms with Gasteiger partial charge in [0.2, 0.25) is 0 Å². The van der Waals surface area contributed by atoms with Gasteiger partial charge in [-0.2, -0.15) is 0 Å². The number of nitrogens with two attached hydrogens (primary N) is 1. The van der Waals surface area contributed by atoms with Crippen molar-refractivity contribution in [3.8, 4) is 0 Å². The fourth-order valence-electron chi connectivity index (χ4n) is 2.30. The normalized spacial score (nSPS) is 19.0. The topological polar surface area (TPSA) is 42.1 Å². The summed E-state index contributed by atoms with van der Waals surface area (Å²) in [5, 5.41) is 0. The maximum Gasteiger partial charge on any atom is 0.127 e. The minimum Gasteiger partial charge on any atom is -0.383 e. The summed E-state index contributed by atoms with van der Waals surface area (Å²) in [4.78, 5) is 6.64. The molecule has 2 heterocycles. The average Bonchev–Trinajstić information content (AvgIpc) is 2.24. The van der Waals surface area contributed by atoms with Crippen LogP contribution in [0.1, 0.15) is 37.7 Å². The van der Waals surface area contributed by atoms with E-state index in [9.17, 15) is 0 Å². The minimum atomic E-state index is 0.685. The van der Waals surface area contributed by atoms with Crippen LogP contribution in [0, 0.1) is 0 Å². The zero-order chi connectivity index (χ0) is 11.2. The Kier molecular flexibility index (Phi) is 4.17. The largest absolute Gasteiger partial charge is 0.383 e. The summed E-state index contributed by atoms with van der Waals surface area (Å²) in [6, 6.07) is 4.05. The lowest BCUT2D eigenvalue weighted by Gasteiger charge is -2.24. The van der Waals surface area contributed by atoms with Crippen LogP contribution in [0.15, 0.2) is 18.3 Å². The second-order valence-electron chi connectivity index (χ2n) is 4.59. The summed E-state index contributed by atoms with van der Waals surface area (Å²) in [6.45, 7) is 3.36. The van der Waals surface area contributed by atoms with Crippen molar-refractivity contribution in [3.05, 3.63) is 23.9 Å². The Bertz CT molecular complexity index is 317. The van der Waals surface area contributed by atoms with Crippen LogP contribution >= 0.6 is 0 Å². The lowest BCUT2D eigenvalue weighted by atomic mass is 10.1. The second kappa shape index (κ2) is 5.85. The molecule has 0 aliphatic carbocycles. The van der Waals surface area contributed by atoms with Gasteiger partial charge < -0.3 is 5.73 Å². The summed E-state index contributed by atoms with van der Waals surface area (Å²) < 4.78 is 0. The van der Waals surface area contributed by atoms with Crippen LogP contribution in [0.2, 0.25) is 0 Å². The second-order valence-corrected chi connectivity index (χ2v) is 4.59. The number of nitrogen functional groups attached to an aromatic ring is 1. The van der Waals surface area contributed by atoms with Crippen molar-refractivity contribution < 1.29 is 0 Å². The zero-order valence-corrected chi connectivity index (χ0v) is 9.86. The molecule has 1 aromatic heterocycles. The summed E-state index contributed by atoms with van der Waals surface area (Å²) in [5.41, 5.74) is 7.04. The fourth-order valence-corrected chi connectivity index (χ4v) is 2.30. The molecule has 3 heteroatoms. The number of aromatic nitrogens is 1. The fraction of sp³-hybridized carbons (Fsp3) is 0.615. The maximum atomic E-state index is 5.87. The molecule has 0 radical (unpaired) electrons. The molecule has 0 saturated carbocycles. The predicted octanol–water partition coefficient (Wildman–Crippen LogP) is 2.43. The Balaban J connectivity index is 1.94. The van der Waals surface area contributed by atoms with Crippen LogP contribution in [0.4, 0.5) is 5.82 Å². The van der Waals surface area contributed by atoms with Crippen LogP contribution < -0.4 is 5.73 Å². The van der Waals surface area contributed by atoms with Crippen molar-refractivity contribution in [2.75, 3.05) is 18.8 Å². The first-order valence-corrected chi connectivity index (χ1v) is 6.28. The molecule has 0 spiro atoms. The van der Waals surface area contributed by atoms with Gasteiger partial charge in [0.05, 0.1) is 0 Å². The number of nitrogens with zero attached hydrogens (tertiary/aromatic N) is 2. The van der Waals surface area contributed by atoms with Gasteiger partial charge in [-0.1, -0.05) is 25.3 Å². The van der Waals surface area contributed by atoms with E-state index in [4.69, 9.17) is 5.73 Å². The van der Waals surface area contributed by atoms with Crippen molar-refractivity contribution in [1.29, 1.82) is 0 Å². The van der Waals surface area contributed by atoms with Gasteiger partial charge in [-0.05, 0) is 32.0 Å². The van der Waals surface area contributed by atoms with Gasteiger partial charge in [0.15, 0.2) is 0 Å². The molecule has 2 N–H and O–H groups in total. The van der Waals surface area contributed by atoms with E-state index in [1.54, 1.807) is 6.20 Å². The first kappa shape index (κ1) is 11.4. The third-order valence-corrected chi connectivity index (χ3v) is 3.27. The Morgan fingerprint density at radius 2 is 1.81 bits per heavy atom. The number of anilines is 1. The number of hydrogen-bond donors (Lipinski definition) is 1. The van der Waals surface area contributed by atoms with E-state index in [0.29, 0.717) is 5.82 Å². The smallest absolute Gasteiger partial charge is 0.127 e. The molecule has 1 aromatic rings. The van der Waals surface area contributed by atoms with Gasteiger partial charge in [0, 0.05) is 18.3 Å². The summed E-state index contributed by atoms with van der Waals surface area (Å²) in [5.74, 6) is 0.685. The molecule has 0 atom stereocenters. The molecule has 1 aliphatic heterocycles. The quantitative estimate of drug-likeness (QED) is 0.830. The highest BCUT2D eigenvalue weighted by Gasteiger charge is 2.10. The Hall–Kier alpha value is -1.09. The molecule has 0 aromatic carbocycles. The minimum absolute atomic E-state index is 0.685. The zero-order valence-electron chi connectivity index (χ0n) is 9.86. The molecule has 0 unspecified atom stereocenters. The van der Waals surface area contributed by atoms with Crippen molar-refractivity contribution in [3.63, 3.8) is 0 Å². The molecule has 0 amide bonds. The third kappa shape index (κ3) is 3.20. The van der Waals surface area contributed by atoms with Gasteiger partial charge in [-0.15, -0.1) is 0 Å². The number of rotatable bonds is 2. The number of pyridine rings is 1. The van der Waals surface area contributed by atoms with Gasteiger partial charge in [-0.25, -0.2) is 4.98 Å². The molecule has 1 fully saturated rings. The lowest BCUT2D eigenvalue weighted by Crippen LogP contribution is -2.27. The van der Waals surface area contributed by atoms with Crippen LogP contribution in [-0.2, 0) is 6.54 Å². The van der Waals surface area contributed by atoms with Crippen molar-refractivity contribution >= 4 is 5.82 Å². The van der Waals surface area contributed by atoms with Gasteiger partial charge in [0.1, 0.15) is 5.82 Å². The lowest BCUT2D eigenvalue weighted by molar-refractivity contribution is 0.240. The first-order valence-electron chi connectivity index (χ1n) is 6.28. The van der Waals surface area contributed by atoms with E-state index in [1.807, 2.05) is 6.07 Å². The third-order valence-electron chi connectivity index (χ3n) is 3.27. The van der Waals surface area contributed by atoms with E-state index >= 15 is 0 Å². The summed E-state index contributed by atoms with van der Waals surface area (Å²) in [7, 11) is 0. The van der Waals surface area contributed by atoms with E-state index < -0.39 is 0 Å². The number of hydrogen-bond acceptors (Lipinski definition) is 3. The van der Waals surface area contributed by atoms with Gasteiger partial charge >= 0.3 is 0 Å². The highest BCUT2D eigenvalue weighted by molar-refractivity contribution is 5.38. The standard InChI is InChI=1S/C13H21N3/c14-13-12(7-6-8-15-13)11-16-9-4-2-1-3-5-10-16/h6-8H,1-5,9-11H2,(H2,14,15). The SMILES string of the molecule is Nc1ncccc1CN1CCCCCCC1. The molecular weight excluding hydrogens is 198 g/mol. The van der Waals surface area contributed by atoms with Gasteiger partial charge in [0.25, 0.3) is 0 Å². The van der Waals surface area contributed by atoms with Crippen molar-refractivity contribution in [1.82, 2.24) is 9.88 Å². The van der Waals surface area contributed by atoms with E-state index in [0.717, 1.165) is 6.54 Å². The molecule has 1 aliphatic rings. The van der Waals surface area contributed by atoms with Gasteiger partial charge in [-0.3, -0.25) is 4.90 Å². The Morgan fingerprint density at radius 1 is 1.12 bits per heavy atom. The summed E-state index contributed by atoms with van der Waals surface area (Å²) >= 11 is 0. The molecule has 1 saturated heterocycles. The van der Waals surface area contributed by atoms with E-state index in [-0.39, 0.29) is 0 Å². The molecular formula is C13H21N3. The Morgan fingerprint density at radius 3 is 2.50 bits per heavy atom.